The minimum absolute atomic E-state index is 0.0747. The minimum atomic E-state index is -0.244. The molecule has 3 aliphatic rings. The highest BCUT2D eigenvalue weighted by molar-refractivity contribution is 5.79. The first-order valence-corrected chi connectivity index (χ1v) is 13.0. The van der Waals surface area contributed by atoms with E-state index < -0.39 is 0 Å². The van der Waals surface area contributed by atoms with Crippen molar-refractivity contribution in [3.63, 3.8) is 0 Å². The van der Waals surface area contributed by atoms with Gasteiger partial charge in [-0.3, -0.25) is 9.59 Å². The number of hydrogen-bond donors (Lipinski definition) is 3. The fraction of sp³-hybridized carbons (Fsp3) is 0.630. The molecule has 4 rings (SSSR count). The molecule has 0 radical (unpaired) electrons. The van der Waals surface area contributed by atoms with Gasteiger partial charge >= 0.3 is 0 Å². The third-order valence-corrected chi connectivity index (χ3v) is 6.96. The average molecular weight is 484 g/mol. The van der Waals surface area contributed by atoms with E-state index in [0.29, 0.717) is 39.2 Å². The molecule has 8 nitrogen and oxygen atoms in total. The van der Waals surface area contributed by atoms with E-state index in [9.17, 15) is 9.59 Å². The van der Waals surface area contributed by atoms with Crippen LogP contribution in [0.4, 0.5) is 5.69 Å². The normalized spacial score (nSPS) is 24.8. The van der Waals surface area contributed by atoms with Crippen molar-refractivity contribution in [1.29, 1.82) is 0 Å². The monoisotopic (exact) mass is 483 g/mol. The SMILES string of the molecule is CC(C)(C)NC(=O)C[C@@H]1CCN2C[C@@H]1/C=C/COc1ccc(N3CCNCC3)cc1CNCC2=O. The summed E-state index contributed by atoms with van der Waals surface area (Å²) in [5, 5.41) is 9.82. The highest BCUT2D eigenvalue weighted by Crippen LogP contribution is 2.29. The maximum absolute atomic E-state index is 13.0. The number of ether oxygens (including phenoxy) is 1. The number of piperazine rings is 1. The summed E-state index contributed by atoms with van der Waals surface area (Å²) in [5.74, 6) is 1.38. The number of carbonyl (C=O) groups is 2. The summed E-state index contributed by atoms with van der Waals surface area (Å²) >= 11 is 0. The van der Waals surface area contributed by atoms with Crippen molar-refractivity contribution in [1.82, 2.24) is 20.9 Å². The molecule has 2 saturated heterocycles. The summed E-state index contributed by atoms with van der Waals surface area (Å²) in [6.07, 6.45) is 5.50. The van der Waals surface area contributed by atoms with Gasteiger partial charge in [-0.2, -0.15) is 0 Å². The van der Waals surface area contributed by atoms with Gasteiger partial charge in [0.15, 0.2) is 0 Å². The number of fused-ring (bicyclic) bond motifs is 3. The number of amides is 2. The van der Waals surface area contributed by atoms with Crippen LogP contribution in [-0.2, 0) is 16.1 Å². The topological polar surface area (TPSA) is 85.9 Å². The molecule has 192 valence electrons. The van der Waals surface area contributed by atoms with Gasteiger partial charge in [-0.1, -0.05) is 12.2 Å². The maximum Gasteiger partial charge on any atom is 0.236 e. The molecule has 3 N–H and O–H groups in total. The molecule has 0 spiro atoms. The molecular weight excluding hydrogens is 442 g/mol. The van der Waals surface area contributed by atoms with Crippen LogP contribution in [0.1, 0.15) is 39.2 Å². The standard InChI is InChI=1S/C27H41N5O3/c1-27(2,3)30-25(33)16-20-8-11-32-19-21(20)5-4-14-35-24-7-6-23(31-12-9-28-10-13-31)15-22(24)17-29-18-26(32)34/h4-7,15,20-21,28-29H,8-14,16-19H2,1-3H3,(H,30,33)/b5-4+/t20-,21-/m0/s1. The third kappa shape index (κ3) is 7.21. The van der Waals surface area contributed by atoms with Crippen molar-refractivity contribution in [3.05, 3.63) is 35.9 Å². The van der Waals surface area contributed by atoms with Crippen LogP contribution in [0.2, 0.25) is 0 Å². The first-order chi connectivity index (χ1) is 16.8. The lowest BCUT2D eigenvalue weighted by Crippen LogP contribution is -2.48. The molecule has 2 fully saturated rings. The van der Waals surface area contributed by atoms with Gasteiger partial charge in [0.1, 0.15) is 12.4 Å². The van der Waals surface area contributed by atoms with Crippen molar-refractivity contribution < 1.29 is 14.3 Å². The molecule has 8 heteroatoms. The van der Waals surface area contributed by atoms with Gasteiger partial charge in [0.05, 0.1) is 6.54 Å². The number of benzene rings is 1. The van der Waals surface area contributed by atoms with E-state index in [-0.39, 0.29) is 29.2 Å². The minimum Gasteiger partial charge on any atom is -0.489 e. The Morgan fingerprint density at radius 2 is 1.91 bits per heavy atom. The Bertz CT molecular complexity index is 920. The summed E-state index contributed by atoms with van der Waals surface area (Å²) in [6.45, 7) is 12.6. The molecule has 2 atom stereocenters. The zero-order chi connectivity index (χ0) is 24.8. The second-order valence-corrected chi connectivity index (χ2v) is 10.9. The predicted molar refractivity (Wildman–Crippen MR) is 139 cm³/mol. The van der Waals surface area contributed by atoms with Crippen LogP contribution < -0.4 is 25.6 Å². The summed E-state index contributed by atoms with van der Waals surface area (Å²) in [4.78, 5) is 29.9. The number of piperidine rings is 1. The molecule has 1 aromatic rings. The molecule has 2 amide bonds. The van der Waals surface area contributed by atoms with Gasteiger partial charge in [0.25, 0.3) is 0 Å². The average Bonchev–Trinajstić information content (AvgIpc) is 2.83. The van der Waals surface area contributed by atoms with Crippen molar-refractivity contribution in [2.24, 2.45) is 11.8 Å². The van der Waals surface area contributed by atoms with Gasteiger partial charge in [-0.25, -0.2) is 0 Å². The molecule has 0 unspecified atom stereocenters. The summed E-state index contributed by atoms with van der Waals surface area (Å²) < 4.78 is 6.15. The van der Waals surface area contributed by atoms with Crippen LogP contribution in [0, 0.1) is 11.8 Å². The van der Waals surface area contributed by atoms with E-state index in [1.807, 2.05) is 37.8 Å². The lowest BCUT2D eigenvalue weighted by Gasteiger charge is -2.37. The summed E-state index contributed by atoms with van der Waals surface area (Å²) in [7, 11) is 0. The summed E-state index contributed by atoms with van der Waals surface area (Å²) in [6, 6.07) is 6.36. The molecule has 2 bridgehead atoms. The molecule has 1 aromatic carbocycles. The molecule has 0 aliphatic carbocycles. The van der Waals surface area contributed by atoms with Gasteiger partial charge < -0.3 is 30.5 Å². The number of rotatable bonds is 3. The molecule has 35 heavy (non-hydrogen) atoms. The zero-order valence-electron chi connectivity index (χ0n) is 21.4. The van der Waals surface area contributed by atoms with E-state index >= 15 is 0 Å². The van der Waals surface area contributed by atoms with E-state index in [1.165, 1.54) is 5.69 Å². The van der Waals surface area contributed by atoms with E-state index in [2.05, 4.69) is 39.1 Å². The Hall–Kier alpha value is -2.58. The Morgan fingerprint density at radius 3 is 2.69 bits per heavy atom. The Balaban J connectivity index is 1.47. The fourth-order valence-electron chi connectivity index (χ4n) is 5.18. The summed E-state index contributed by atoms with van der Waals surface area (Å²) in [5.41, 5.74) is 2.01. The van der Waals surface area contributed by atoms with Gasteiger partial charge in [0, 0.05) is 69.0 Å². The van der Waals surface area contributed by atoms with Gasteiger partial charge in [0.2, 0.25) is 11.8 Å². The van der Waals surface area contributed by atoms with Crippen LogP contribution >= 0.6 is 0 Å². The number of hydrogen-bond acceptors (Lipinski definition) is 6. The van der Waals surface area contributed by atoms with Crippen molar-refractivity contribution >= 4 is 17.5 Å². The van der Waals surface area contributed by atoms with E-state index in [1.54, 1.807) is 0 Å². The quantitative estimate of drug-likeness (QED) is 0.570. The first kappa shape index (κ1) is 25.5. The van der Waals surface area contributed by atoms with Crippen LogP contribution in [-0.4, -0.2) is 74.7 Å². The molecule has 3 heterocycles. The molecule has 0 saturated carbocycles. The number of nitrogens with one attached hydrogen (secondary N) is 3. The number of nitrogens with zero attached hydrogens (tertiary/aromatic N) is 2. The van der Waals surface area contributed by atoms with Crippen molar-refractivity contribution in [2.45, 2.75) is 45.7 Å². The number of anilines is 1. The number of carbonyl (C=O) groups excluding carboxylic acids is 2. The lowest BCUT2D eigenvalue weighted by atomic mass is 9.82. The second-order valence-electron chi connectivity index (χ2n) is 10.9. The highest BCUT2D eigenvalue weighted by atomic mass is 16.5. The van der Waals surface area contributed by atoms with E-state index in [0.717, 1.165) is 43.9 Å². The lowest BCUT2D eigenvalue weighted by molar-refractivity contribution is -0.132. The van der Waals surface area contributed by atoms with Crippen molar-refractivity contribution in [3.8, 4) is 5.75 Å². The largest absolute Gasteiger partial charge is 0.489 e. The molecular formula is C27H41N5O3. The Morgan fingerprint density at radius 1 is 1.11 bits per heavy atom. The predicted octanol–water partition coefficient (Wildman–Crippen LogP) is 1.90. The van der Waals surface area contributed by atoms with E-state index in [4.69, 9.17) is 4.74 Å². The highest BCUT2D eigenvalue weighted by Gasteiger charge is 2.32. The Labute approximate surface area is 209 Å². The Kier molecular flexibility index (Phi) is 8.34. The van der Waals surface area contributed by atoms with Crippen LogP contribution in [0.15, 0.2) is 30.4 Å². The first-order valence-electron chi connectivity index (χ1n) is 13.0. The van der Waals surface area contributed by atoms with Crippen molar-refractivity contribution in [2.75, 3.05) is 57.3 Å². The molecule has 0 aromatic heterocycles. The fourth-order valence-corrected chi connectivity index (χ4v) is 5.18. The zero-order valence-corrected chi connectivity index (χ0v) is 21.4. The third-order valence-electron chi connectivity index (χ3n) is 6.96. The molecule has 3 aliphatic heterocycles. The van der Waals surface area contributed by atoms with Gasteiger partial charge in [-0.15, -0.1) is 0 Å². The second kappa shape index (κ2) is 11.4. The van der Waals surface area contributed by atoms with Gasteiger partial charge in [-0.05, 0) is 57.2 Å². The maximum atomic E-state index is 13.0. The van der Waals surface area contributed by atoms with Crippen LogP contribution in [0.3, 0.4) is 0 Å². The smallest absolute Gasteiger partial charge is 0.236 e. The van der Waals surface area contributed by atoms with Crippen LogP contribution in [0.25, 0.3) is 0 Å². The van der Waals surface area contributed by atoms with Crippen LogP contribution in [0.5, 0.6) is 5.75 Å².